The van der Waals surface area contributed by atoms with Crippen LogP contribution in [0.5, 0.6) is 5.75 Å². The van der Waals surface area contributed by atoms with Crippen LogP contribution < -0.4 is 20.7 Å². The summed E-state index contributed by atoms with van der Waals surface area (Å²) in [6, 6.07) is 14.0. The first kappa shape index (κ1) is 24.3. The Kier molecular flexibility index (Phi) is 9.46. The van der Waals surface area contributed by atoms with Gasteiger partial charge >= 0.3 is 0 Å². The number of benzene rings is 2. The number of anilines is 1. The maximum Gasteiger partial charge on any atom is 0.257 e. The second kappa shape index (κ2) is 12.1. The summed E-state index contributed by atoms with van der Waals surface area (Å²) < 4.78 is 5.71. The molecule has 2 aromatic rings. The molecule has 0 saturated carbocycles. The van der Waals surface area contributed by atoms with Gasteiger partial charge in [0.05, 0.1) is 6.61 Å². The van der Waals surface area contributed by atoms with Gasteiger partial charge in [-0.3, -0.25) is 14.9 Å². The monoisotopic (exact) mass is 441 g/mol. The van der Waals surface area contributed by atoms with E-state index < -0.39 is 0 Å². The zero-order valence-corrected chi connectivity index (χ0v) is 19.3. The van der Waals surface area contributed by atoms with E-state index in [0.29, 0.717) is 35.1 Å². The number of amides is 2. The Morgan fingerprint density at radius 1 is 1.00 bits per heavy atom. The Hall–Kier alpha value is -2.93. The minimum absolute atomic E-state index is 0.0922. The summed E-state index contributed by atoms with van der Waals surface area (Å²) in [5.74, 6) is 0.710. The van der Waals surface area contributed by atoms with Gasteiger partial charge in [0.1, 0.15) is 5.75 Å². The van der Waals surface area contributed by atoms with Crippen LogP contribution in [0.2, 0.25) is 0 Å². The minimum Gasteiger partial charge on any atom is -0.494 e. The van der Waals surface area contributed by atoms with Gasteiger partial charge in [-0.05, 0) is 74.3 Å². The lowest BCUT2D eigenvalue weighted by Gasteiger charge is -2.13. The van der Waals surface area contributed by atoms with Crippen LogP contribution in [0, 0.1) is 5.92 Å². The van der Waals surface area contributed by atoms with Gasteiger partial charge in [-0.15, -0.1) is 0 Å². The van der Waals surface area contributed by atoms with Crippen molar-refractivity contribution in [1.29, 1.82) is 0 Å². The van der Waals surface area contributed by atoms with Crippen molar-refractivity contribution in [3.05, 3.63) is 59.7 Å². The van der Waals surface area contributed by atoms with Crippen molar-refractivity contribution in [2.75, 3.05) is 11.9 Å². The Labute approximate surface area is 189 Å². The molecule has 31 heavy (non-hydrogen) atoms. The van der Waals surface area contributed by atoms with Gasteiger partial charge in [-0.1, -0.05) is 32.9 Å². The van der Waals surface area contributed by atoms with Gasteiger partial charge in [0.2, 0.25) is 0 Å². The molecule has 0 spiro atoms. The fraction of sp³-hybridized carbons (Fsp3) is 0.375. The van der Waals surface area contributed by atoms with Crippen LogP contribution in [0.15, 0.2) is 48.5 Å². The summed E-state index contributed by atoms with van der Waals surface area (Å²) in [7, 11) is 0. The molecule has 6 nitrogen and oxygen atoms in total. The Balaban J connectivity index is 1.94. The first-order valence-electron chi connectivity index (χ1n) is 10.5. The van der Waals surface area contributed by atoms with Crippen molar-refractivity contribution >= 4 is 34.8 Å². The van der Waals surface area contributed by atoms with E-state index in [2.05, 4.69) is 29.8 Å². The largest absolute Gasteiger partial charge is 0.494 e. The molecular formula is C24H31N3O3S. The first-order chi connectivity index (χ1) is 14.8. The van der Waals surface area contributed by atoms with Crippen molar-refractivity contribution in [3.63, 3.8) is 0 Å². The molecule has 0 aliphatic carbocycles. The number of carbonyl (C=O) groups excluding carboxylic acids is 2. The normalized spacial score (nSPS) is 11.5. The van der Waals surface area contributed by atoms with E-state index in [9.17, 15) is 9.59 Å². The van der Waals surface area contributed by atoms with Gasteiger partial charge in [0.15, 0.2) is 5.11 Å². The van der Waals surface area contributed by atoms with Gasteiger partial charge in [0.25, 0.3) is 11.8 Å². The summed E-state index contributed by atoms with van der Waals surface area (Å²) in [6.07, 6.45) is 1.79. The number of carbonyl (C=O) groups is 2. The minimum atomic E-state index is -0.336. The third-order valence-corrected chi connectivity index (χ3v) is 4.86. The van der Waals surface area contributed by atoms with Crippen molar-refractivity contribution < 1.29 is 14.3 Å². The molecular weight excluding hydrogens is 410 g/mol. The first-order valence-corrected chi connectivity index (χ1v) is 11.0. The Morgan fingerprint density at radius 2 is 1.68 bits per heavy atom. The molecule has 0 heterocycles. The van der Waals surface area contributed by atoms with E-state index in [-0.39, 0.29) is 23.0 Å². The maximum absolute atomic E-state index is 12.6. The SMILES string of the molecule is CCC(C)NC(=O)c1cccc(NC(=S)NC(=O)c2cccc(OCCC(C)C)c2)c1. The lowest BCUT2D eigenvalue weighted by atomic mass is 10.1. The summed E-state index contributed by atoms with van der Waals surface area (Å²) >= 11 is 5.27. The number of hydrogen-bond acceptors (Lipinski definition) is 4. The second-order valence-electron chi connectivity index (χ2n) is 7.83. The third-order valence-electron chi connectivity index (χ3n) is 4.66. The van der Waals surface area contributed by atoms with Gasteiger partial charge in [-0.2, -0.15) is 0 Å². The molecule has 0 radical (unpaired) electrons. The van der Waals surface area contributed by atoms with Crippen molar-refractivity contribution in [2.45, 2.75) is 46.6 Å². The molecule has 0 aliphatic heterocycles. The number of ether oxygens (including phenoxy) is 1. The van der Waals surface area contributed by atoms with Crippen LogP contribution in [-0.4, -0.2) is 29.6 Å². The maximum atomic E-state index is 12.6. The predicted octanol–water partition coefficient (Wildman–Crippen LogP) is 4.77. The third kappa shape index (κ3) is 8.38. The van der Waals surface area contributed by atoms with Crippen molar-refractivity contribution in [2.24, 2.45) is 5.92 Å². The number of rotatable bonds is 9. The molecule has 7 heteroatoms. The highest BCUT2D eigenvalue weighted by Gasteiger charge is 2.12. The molecule has 2 aromatic carbocycles. The molecule has 0 saturated heterocycles. The summed E-state index contributed by atoms with van der Waals surface area (Å²) in [6.45, 7) is 8.83. The summed E-state index contributed by atoms with van der Waals surface area (Å²) in [5, 5.41) is 8.69. The average Bonchev–Trinajstić information content (AvgIpc) is 2.73. The van der Waals surface area contributed by atoms with E-state index in [4.69, 9.17) is 17.0 Å². The molecule has 2 amide bonds. The van der Waals surface area contributed by atoms with Crippen LogP contribution in [0.25, 0.3) is 0 Å². The van der Waals surface area contributed by atoms with Gasteiger partial charge in [-0.25, -0.2) is 0 Å². The number of hydrogen-bond donors (Lipinski definition) is 3. The Bertz CT molecular complexity index is 914. The second-order valence-corrected chi connectivity index (χ2v) is 8.24. The van der Waals surface area contributed by atoms with Crippen LogP contribution in [-0.2, 0) is 0 Å². The standard InChI is InChI=1S/C24H31N3O3S/c1-5-17(4)25-22(28)18-8-6-10-20(14-18)26-24(31)27-23(29)19-9-7-11-21(15-19)30-13-12-16(2)3/h6-11,14-17H,5,12-13H2,1-4H3,(H,25,28)(H2,26,27,29,31). The molecule has 3 N–H and O–H groups in total. The lowest BCUT2D eigenvalue weighted by molar-refractivity contribution is 0.0937. The smallest absolute Gasteiger partial charge is 0.257 e. The van der Waals surface area contributed by atoms with E-state index in [0.717, 1.165) is 12.8 Å². The van der Waals surface area contributed by atoms with Crippen LogP contribution in [0.1, 0.15) is 61.3 Å². The summed E-state index contributed by atoms with van der Waals surface area (Å²) in [4.78, 5) is 24.9. The zero-order valence-electron chi connectivity index (χ0n) is 18.5. The molecule has 0 fully saturated rings. The molecule has 2 rings (SSSR count). The molecule has 0 aliphatic rings. The topological polar surface area (TPSA) is 79.5 Å². The highest BCUT2D eigenvalue weighted by molar-refractivity contribution is 7.80. The highest BCUT2D eigenvalue weighted by Crippen LogP contribution is 2.15. The van der Waals surface area contributed by atoms with Crippen molar-refractivity contribution in [3.8, 4) is 5.75 Å². The van der Waals surface area contributed by atoms with Gasteiger partial charge < -0.3 is 15.4 Å². The van der Waals surface area contributed by atoms with E-state index in [1.54, 1.807) is 42.5 Å². The molecule has 1 unspecified atom stereocenters. The number of nitrogens with one attached hydrogen (secondary N) is 3. The lowest BCUT2D eigenvalue weighted by Crippen LogP contribution is -2.34. The van der Waals surface area contributed by atoms with E-state index in [1.807, 2.05) is 19.9 Å². The predicted molar refractivity (Wildman–Crippen MR) is 129 cm³/mol. The molecule has 166 valence electrons. The average molecular weight is 442 g/mol. The fourth-order valence-electron chi connectivity index (χ4n) is 2.62. The fourth-order valence-corrected chi connectivity index (χ4v) is 2.84. The highest BCUT2D eigenvalue weighted by atomic mass is 32.1. The molecule has 0 aromatic heterocycles. The molecule has 1 atom stereocenters. The summed E-state index contributed by atoms with van der Waals surface area (Å²) in [5.41, 5.74) is 1.59. The zero-order chi connectivity index (χ0) is 22.8. The van der Waals surface area contributed by atoms with E-state index in [1.165, 1.54) is 0 Å². The Morgan fingerprint density at radius 3 is 2.35 bits per heavy atom. The van der Waals surface area contributed by atoms with Gasteiger partial charge in [0, 0.05) is 22.9 Å². The van der Waals surface area contributed by atoms with Crippen LogP contribution in [0.4, 0.5) is 5.69 Å². The molecule has 0 bridgehead atoms. The van der Waals surface area contributed by atoms with Crippen molar-refractivity contribution in [1.82, 2.24) is 10.6 Å². The van der Waals surface area contributed by atoms with Crippen LogP contribution >= 0.6 is 12.2 Å². The quantitative estimate of drug-likeness (QED) is 0.489. The van der Waals surface area contributed by atoms with Crippen LogP contribution in [0.3, 0.4) is 0 Å². The number of thiocarbonyl (C=S) groups is 1. The van der Waals surface area contributed by atoms with E-state index >= 15 is 0 Å².